The van der Waals surface area contributed by atoms with Gasteiger partial charge in [0.2, 0.25) is 0 Å². The minimum atomic E-state index is 0.327. The Morgan fingerprint density at radius 1 is 1.42 bits per heavy atom. The Labute approximate surface area is 121 Å². The highest BCUT2D eigenvalue weighted by molar-refractivity contribution is 7.07. The van der Waals surface area contributed by atoms with Crippen LogP contribution in [0.15, 0.2) is 10.9 Å². The van der Waals surface area contributed by atoms with E-state index >= 15 is 0 Å². The molecule has 1 atom stereocenters. The molecule has 0 radical (unpaired) electrons. The van der Waals surface area contributed by atoms with Crippen LogP contribution in [0, 0.1) is 0 Å². The maximum Gasteiger partial charge on any atom is 0.0794 e. The molecule has 108 valence electrons. The van der Waals surface area contributed by atoms with Crippen molar-refractivity contribution in [3.05, 3.63) is 16.6 Å². The van der Waals surface area contributed by atoms with Crippen LogP contribution < -0.4 is 5.32 Å². The van der Waals surface area contributed by atoms with E-state index in [2.05, 4.69) is 41.4 Å². The third kappa shape index (κ3) is 3.56. The Morgan fingerprint density at radius 2 is 2.21 bits per heavy atom. The van der Waals surface area contributed by atoms with Gasteiger partial charge in [-0.05, 0) is 19.3 Å². The summed E-state index contributed by atoms with van der Waals surface area (Å²) in [5.74, 6) is 0. The van der Waals surface area contributed by atoms with Gasteiger partial charge in [0.1, 0.15) is 0 Å². The smallest absolute Gasteiger partial charge is 0.0794 e. The van der Waals surface area contributed by atoms with Crippen molar-refractivity contribution in [2.24, 2.45) is 0 Å². The van der Waals surface area contributed by atoms with Crippen LogP contribution in [0.4, 0.5) is 0 Å². The lowest BCUT2D eigenvalue weighted by Gasteiger charge is -2.47. The van der Waals surface area contributed by atoms with Gasteiger partial charge in [-0.1, -0.05) is 20.8 Å². The Kier molecular flexibility index (Phi) is 5.37. The number of hydrogen-bond donors (Lipinski definition) is 1. The molecule has 0 aromatic carbocycles. The van der Waals surface area contributed by atoms with Crippen LogP contribution in [-0.4, -0.2) is 41.1 Å². The number of aromatic nitrogens is 1. The lowest BCUT2D eigenvalue weighted by Crippen LogP contribution is -2.63. The Bertz CT molecular complexity index is 359. The molecule has 1 saturated heterocycles. The van der Waals surface area contributed by atoms with Gasteiger partial charge in [0.05, 0.1) is 11.2 Å². The second kappa shape index (κ2) is 6.82. The first kappa shape index (κ1) is 14.9. The van der Waals surface area contributed by atoms with Gasteiger partial charge < -0.3 is 5.32 Å². The fourth-order valence-electron chi connectivity index (χ4n) is 3.04. The zero-order valence-electron chi connectivity index (χ0n) is 12.5. The summed E-state index contributed by atoms with van der Waals surface area (Å²) in [4.78, 5) is 7.09. The van der Waals surface area contributed by atoms with Gasteiger partial charge in [-0.2, -0.15) is 0 Å². The largest absolute Gasteiger partial charge is 0.308 e. The summed E-state index contributed by atoms with van der Waals surface area (Å²) in [5, 5.41) is 5.98. The molecule has 19 heavy (non-hydrogen) atoms. The van der Waals surface area contributed by atoms with E-state index in [1.807, 2.05) is 5.51 Å². The molecule has 1 aromatic heterocycles. The molecule has 1 aliphatic heterocycles. The minimum Gasteiger partial charge on any atom is -0.308 e. The molecule has 2 heterocycles. The zero-order chi connectivity index (χ0) is 13.7. The molecule has 0 saturated carbocycles. The number of piperazine rings is 1. The first-order valence-electron chi connectivity index (χ1n) is 7.59. The van der Waals surface area contributed by atoms with Gasteiger partial charge >= 0.3 is 0 Å². The summed E-state index contributed by atoms with van der Waals surface area (Å²) in [6.07, 6.45) is 4.75. The van der Waals surface area contributed by atoms with E-state index in [0.717, 1.165) is 19.5 Å². The molecule has 0 aliphatic carbocycles. The van der Waals surface area contributed by atoms with Crippen molar-refractivity contribution in [3.63, 3.8) is 0 Å². The van der Waals surface area contributed by atoms with E-state index in [0.29, 0.717) is 11.6 Å². The molecule has 1 unspecified atom stereocenters. The number of hydrogen-bond acceptors (Lipinski definition) is 4. The normalized spacial score (nSPS) is 23.6. The van der Waals surface area contributed by atoms with E-state index in [4.69, 9.17) is 0 Å². The molecular formula is C15H27N3S. The quantitative estimate of drug-likeness (QED) is 0.869. The lowest BCUT2D eigenvalue weighted by atomic mass is 9.88. The maximum absolute atomic E-state index is 4.40. The molecule has 0 amide bonds. The van der Waals surface area contributed by atoms with Crippen molar-refractivity contribution in [2.75, 3.05) is 19.6 Å². The summed E-state index contributed by atoms with van der Waals surface area (Å²) < 4.78 is 0. The second-order valence-electron chi connectivity index (χ2n) is 5.63. The first-order valence-corrected chi connectivity index (χ1v) is 8.53. The summed E-state index contributed by atoms with van der Waals surface area (Å²) in [7, 11) is 0. The maximum atomic E-state index is 4.40. The molecule has 1 fully saturated rings. The minimum absolute atomic E-state index is 0.327. The molecular weight excluding hydrogens is 254 g/mol. The SMILES string of the molecule is CCC1CNC(CC)(CC)CN1CCc1cscn1. The van der Waals surface area contributed by atoms with E-state index in [9.17, 15) is 0 Å². The van der Waals surface area contributed by atoms with Crippen molar-refractivity contribution in [1.29, 1.82) is 0 Å². The topological polar surface area (TPSA) is 28.2 Å². The number of rotatable bonds is 6. The van der Waals surface area contributed by atoms with Gasteiger partial charge in [0, 0.05) is 43.0 Å². The van der Waals surface area contributed by atoms with Gasteiger partial charge in [-0.3, -0.25) is 4.90 Å². The molecule has 0 spiro atoms. The molecule has 1 aromatic rings. The fraction of sp³-hybridized carbons (Fsp3) is 0.800. The fourth-order valence-corrected chi connectivity index (χ4v) is 3.64. The van der Waals surface area contributed by atoms with Crippen LogP contribution in [-0.2, 0) is 6.42 Å². The van der Waals surface area contributed by atoms with E-state index < -0.39 is 0 Å². The van der Waals surface area contributed by atoms with Crippen molar-refractivity contribution in [1.82, 2.24) is 15.2 Å². The van der Waals surface area contributed by atoms with Crippen molar-refractivity contribution in [2.45, 2.75) is 58.0 Å². The average Bonchev–Trinajstić information content (AvgIpc) is 2.98. The van der Waals surface area contributed by atoms with Gasteiger partial charge in [0.15, 0.2) is 0 Å². The Morgan fingerprint density at radius 3 is 2.79 bits per heavy atom. The predicted octanol–water partition coefficient (Wildman–Crippen LogP) is 2.93. The highest BCUT2D eigenvalue weighted by Crippen LogP contribution is 2.24. The Hall–Kier alpha value is -0.450. The molecule has 0 bridgehead atoms. The molecule has 1 N–H and O–H groups in total. The van der Waals surface area contributed by atoms with Crippen LogP contribution >= 0.6 is 11.3 Å². The summed E-state index contributed by atoms with van der Waals surface area (Å²) in [6.45, 7) is 10.4. The van der Waals surface area contributed by atoms with E-state index in [-0.39, 0.29) is 0 Å². The zero-order valence-corrected chi connectivity index (χ0v) is 13.3. The van der Waals surface area contributed by atoms with Crippen LogP contribution in [0.2, 0.25) is 0 Å². The van der Waals surface area contributed by atoms with Crippen molar-refractivity contribution < 1.29 is 0 Å². The van der Waals surface area contributed by atoms with Crippen molar-refractivity contribution in [3.8, 4) is 0 Å². The molecule has 1 aliphatic rings. The summed E-state index contributed by atoms with van der Waals surface area (Å²) >= 11 is 1.70. The lowest BCUT2D eigenvalue weighted by molar-refractivity contribution is 0.0714. The van der Waals surface area contributed by atoms with Gasteiger partial charge in [-0.15, -0.1) is 11.3 Å². The Balaban J connectivity index is 1.97. The number of thiazole rings is 1. The predicted molar refractivity (Wildman–Crippen MR) is 82.8 cm³/mol. The highest BCUT2D eigenvalue weighted by atomic mass is 32.1. The standard InChI is InChI=1S/C15H27N3S/c1-4-14-9-17-15(5-2,6-3)11-18(14)8-7-13-10-19-12-16-13/h10,12,14,17H,4-9,11H2,1-3H3. The number of nitrogens with one attached hydrogen (secondary N) is 1. The van der Waals surface area contributed by atoms with Crippen LogP contribution in [0.5, 0.6) is 0 Å². The average molecular weight is 281 g/mol. The van der Waals surface area contributed by atoms with E-state index in [1.165, 1.54) is 31.5 Å². The second-order valence-corrected chi connectivity index (χ2v) is 6.35. The molecule has 3 nitrogen and oxygen atoms in total. The summed E-state index contributed by atoms with van der Waals surface area (Å²) in [6, 6.07) is 0.685. The monoisotopic (exact) mass is 281 g/mol. The van der Waals surface area contributed by atoms with E-state index in [1.54, 1.807) is 11.3 Å². The first-order chi connectivity index (χ1) is 9.23. The molecule has 2 rings (SSSR count). The van der Waals surface area contributed by atoms with Crippen LogP contribution in [0.1, 0.15) is 45.7 Å². The van der Waals surface area contributed by atoms with Gasteiger partial charge in [0.25, 0.3) is 0 Å². The van der Waals surface area contributed by atoms with Crippen LogP contribution in [0.3, 0.4) is 0 Å². The van der Waals surface area contributed by atoms with Crippen LogP contribution in [0.25, 0.3) is 0 Å². The third-order valence-electron chi connectivity index (χ3n) is 4.70. The van der Waals surface area contributed by atoms with Crippen molar-refractivity contribution >= 4 is 11.3 Å². The third-order valence-corrected chi connectivity index (χ3v) is 5.33. The molecule has 4 heteroatoms. The highest BCUT2D eigenvalue weighted by Gasteiger charge is 2.35. The van der Waals surface area contributed by atoms with Gasteiger partial charge in [-0.25, -0.2) is 4.98 Å². The summed E-state index contributed by atoms with van der Waals surface area (Å²) in [5.41, 5.74) is 3.51. The number of nitrogens with zero attached hydrogens (tertiary/aromatic N) is 2.